The quantitative estimate of drug-likeness (QED) is 0.154. The highest BCUT2D eigenvalue weighted by molar-refractivity contribution is 5.90. The standard InChI is InChI=1S/C28H35N3O9/c1-17(2)24(30-28(34)39-14-19-8-6-5-7-9-19)26(32)29-25(18(3)4)27(33)38-16-23-22(40-23)15-37-21-12-10-20(11-13-21)31(35)36/h5-13,17-18,22-25H,14-16H2,1-4H3,(H,29,32)(H,30,34)/t22-,23+,24?,25?/m1/s1. The number of hydrogen-bond donors (Lipinski definition) is 2. The summed E-state index contributed by atoms with van der Waals surface area (Å²) in [6.45, 7) is 7.31. The van der Waals surface area contributed by atoms with E-state index < -0.39 is 35.0 Å². The van der Waals surface area contributed by atoms with Gasteiger partial charge in [-0.3, -0.25) is 14.9 Å². The summed E-state index contributed by atoms with van der Waals surface area (Å²) >= 11 is 0. The number of non-ortho nitro benzene ring substituents is 1. The van der Waals surface area contributed by atoms with Crippen LogP contribution in [-0.4, -0.2) is 60.4 Å². The lowest BCUT2D eigenvalue weighted by molar-refractivity contribution is -0.384. The summed E-state index contributed by atoms with van der Waals surface area (Å²) < 4.78 is 21.7. The first kappa shape index (κ1) is 30.4. The van der Waals surface area contributed by atoms with Crippen molar-refractivity contribution in [1.82, 2.24) is 10.6 Å². The molecule has 4 atom stereocenters. The number of alkyl carbamates (subject to hydrolysis) is 1. The summed E-state index contributed by atoms with van der Waals surface area (Å²) in [5.41, 5.74) is 0.774. The molecule has 12 heteroatoms. The zero-order valence-corrected chi connectivity index (χ0v) is 22.9. The van der Waals surface area contributed by atoms with Crippen molar-refractivity contribution >= 4 is 23.7 Å². The largest absolute Gasteiger partial charge is 0.491 e. The van der Waals surface area contributed by atoms with Gasteiger partial charge in [-0.15, -0.1) is 0 Å². The molecule has 0 aliphatic carbocycles. The Labute approximate surface area is 232 Å². The van der Waals surface area contributed by atoms with Gasteiger partial charge < -0.3 is 29.6 Å². The lowest BCUT2D eigenvalue weighted by atomic mass is 10.0. The summed E-state index contributed by atoms with van der Waals surface area (Å²) in [6.07, 6.45) is -1.41. The van der Waals surface area contributed by atoms with Crippen LogP contribution in [0.15, 0.2) is 54.6 Å². The molecule has 1 fully saturated rings. The van der Waals surface area contributed by atoms with Gasteiger partial charge in [-0.25, -0.2) is 9.59 Å². The molecule has 3 rings (SSSR count). The summed E-state index contributed by atoms with van der Waals surface area (Å²) in [6, 6.07) is 13.0. The van der Waals surface area contributed by atoms with Crippen LogP contribution in [-0.2, 0) is 30.4 Å². The van der Waals surface area contributed by atoms with Gasteiger partial charge in [0.1, 0.15) is 49.9 Å². The molecule has 2 unspecified atom stereocenters. The van der Waals surface area contributed by atoms with Crippen LogP contribution in [0, 0.1) is 22.0 Å². The van der Waals surface area contributed by atoms with Crippen LogP contribution >= 0.6 is 0 Å². The predicted octanol–water partition coefficient (Wildman–Crippen LogP) is 3.38. The van der Waals surface area contributed by atoms with Crippen molar-refractivity contribution in [2.45, 2.75) is 58.6 Å². The molecule has 2 N–H and O–H groups in total. The van der Waals surface area contributed by atoms with Gasteiger partial charge in [0.2, 0.25) is 5.91 Å². The van der Waals surface area contributed by atoms with E-state index in [-0.39, 0.29) is 49.6 Å². The number of rotatable bonds is 14. The second-order valence-corrected chi connectivity index (χ2v) is 10.1. The molecule has 2 aromatic carbocycles. The first-order valence-corrected chi connectivity index (χ1v) is 13.0. The van der Waals surface area contributed by atoms with Crippen LogP contribution in [0.2, 0.25) is 0 Å². The molecule has 1 heterocycles. The number of hydrogen-bond acceptors (Lipinski definition) is 9. The Balaban J connectivity index is 1.44. The molecule has 1 aliphatic heterocycles. The van der Waals surface area contributed by atoms with Crippen molar-refractivity contribution in [2.75, 3.05) is 13.2 Å². The van der Waals surface area contributed by atoms with E-state index in [0.717, 1.165) is 5.56 Å². The molecule has 1 aliphatic rings. The fourth-order valence-corrected chi connectivity index (χ4v) is 3.74. The minimum absolute atomic E-state index is 0.0239. The van der Waals surface area contributed by atoms with Gasteiger partial charge in [0, 0.05) is 12.1 Å². The zero-order valence-electron chi connectivity index (χ0n) is 22.9. The molecule has 40 heavy (non-hydrogen) atoms. The van der Waals surface area contributed by atoms with E-state index in [4.69, 9.17) is 18.9 Å². The molecule has 2 amide bonds. The maximum absolute atomic E-state index is 13.0. The van der Waals surface area contributed by atoms with Gasteiger partial charge in [-0.05, 0) is 29.5 Å². The van der Waals surface area contributed by atoms with Gasteiger partial charge in [-0.1, -0.05) is 58.0 Å². The molecular weight excluding hydrogens is 522 g/mol. The van der Waals surface area contributed by atoms with Crippen molar-refractivity contribution in [1.29, 1.82) is 0 Å². The second-order valence-electron chi connectivity index (χ2n) is 10.1. The van der Waals surface area contributed by atoms with E-state index in [9.17, 15) is 24.5 Å². The van der Waals surface area contributed by atoms with Crippen LogP contribution in [0.25, 0.3) is 0 Å². The number of nitrogens with zero attached hydrogens (tertiary/aromatic N) is 1. The van der Waals surface area contributed by atoms with E-state index in [1.807, 2.05) is 30.3 Å². The maximum atomic E-state index is 13.0. The lowest BCUT2D eigenvalue weighted by Crippen LogP contribution is -2.55. The molecule has 0 radical (unpaired) electrons. The Kier molecular flexibility index (Phi) is 10.8. The van der Waals surface area contributed by atoms with Crippen LogP contribution in [0.5, 0.6) is 5.75 Å². The molecule has 0 saturated carbocycles. The van der Waals surface area contributed by atoms with Crippen LogP contribution in [0.1, 0.15) is 33.3 Å². The van der Waals surface area contributed by atoms with E-state index >= 15 is 0 Å². The molecule has 1 saturated heterocycles. The maximum Gasteiger partial charge on any atom is 0.408 e. The smallest absolute Gasteiger partial charge is 0.408 e. The molecule has 0 spiro atoms. The van der Waals surface area contributed by atoms with Crippen LogP contribution in [0.4, 0.5) is 10.5 Å². The first-order valence-electron chi connectivity index (χ1n) is 13.0. The summed E-state index contributed by atoms with van der Waals surface area (Å²) in [5, 5.41) is 16.0. The summed E-state index contributed by atoms with van der Waals surface area (Å²) in [4.78, 5) is 48.4. The number of carbonyl (C=O) groups excluding carboxylic acids is 3. The Hall–Kier alpha value is -4.19. The minimum atomic E-state index is -0.940. The van der Waals surface area contributed by atoms with Gasteiger partial charge in [0.15, 0.2) is 0 Å². The lowest BCUT2D eigenvalue weighted by Gasteiger charge is -2.26. The molecular formula is C28H35N3O9. The van der Waals surface area contributed by atoms with Gasteiger partial charge >= 0.3 is 12.1 Å². The third-order valence-electron chi connectivity index (χ3n) is 6.19. The Morgan fingerprint density at radius 3 is 2.10 bits per heavy atom. The number of amides is 2. The molecule has 0 bridgehead atoms. The number of epoxide rings is 1. The van der Waals surface area contributed by atoms with Crippen molar-refractivity contribution < 1.29 is 38.3 Å². The average molecular weight is 558 g/mol. The van der Waals surface area contributed by atoms with E-state index in [0.29, 0.717) is 5.75 Å². The van der Waals surface area contributed by atoms with E-state index in [1.165, 1.54) is 24.3 Å². The molecule has 0 aromatic heterocycles. The fraction of sp³-hybridized carbons (Fsp3) is 0.464. The van der Waals surface area contributed by atoms with Gasteiger partial charge in [0.05, 0.1) is 4.92 Å². The number of carbonyl (C=O) groups is 3. The van der Waals surface area contributed by atoms with Crippen molar-refractivity contribution in [3.05, 3.63) is 70.3 Å². The van der Waals surface area contributed by atoms with Crippen LogP contribution < -0.4 is 15.4 Å². The highest BCUT2D eigenvalue weighted by Crippen LogP contribution is 2.25. The Bertz CT molecular complexity index is 1160. The summed E-state index contributed by atoms with van der Waals surface area (Å²) in [5.74, 6) is -1.25. The number of ether oxygens (including phenoxy) is 4. The number of nitro benzene ring substituents is 1. The highest BCUT2D eigenvalue weighted by atomic mass is 16.6. The first-order chi connectivity index (χ1) is 19.0. The normalized spacial score (nSPS) is 17.4. The number of esters is 1. The van der Waals surface area contributed by atoms with E-state index in [1.54, 1.807) is 27.7 Å². The Morgan fingerprint density at radius 1 is 0.875 bits per heavy atom. The predicted molar refractivity (Wildman–Crippen MR) is 143 cm³/mol. The third kappa shape index (κ3) is 9.23. The van der Waals surface area contributed by atoms with Crippen molar-refractivity contribution in [3.8, 4) is 5.75 Å². The number of nitro groups is 1. The number of benzene rings is 2. The summed E-state index contributed by atoms with van der Waals surface area (Å²) in [7, 11) is 0. The molecule has 216 valence electrons. The zero-order chi connectivity index (χ0) is 29.2. The van der Waals surface area contributed by atoms with Crippen molar-refractivity contribution in [2.24, 2.45) is 11.8 Å². The topological polar surface area (TPSA) is 159 Å². The SMILES string of the molecule is CC(C)C(NC(=O)OCc1ccccc1)C(=O)NC(C(=O)OC[C@@H]1O[C@@H]1COc1ccc([N+](=O)[O-])cc1)C(C)C. The van der Waals surface area contributed by atoms with Gasteiger partial charge in [0.25, 0.3) is 5.69 Å². The Morgan fingerprint density at radius 2 is 1.50 bits per heavy atom. The third-order valence-corrected chi connectivity index (χ3v) is 6.19. The second kappa shape index (κ2) is 14.3. The van der Waals surface area contributed by atoms with Crippen LogP contribution in [0.3, 0.4) is 0 Å². The molecule has 12 nitrogen and oxygen atoms in total. The average Bonchev–Trinajstić information content (AvgIpc) is 3.69. The minimum Gasteiger partial charge on any atom is -0.491 e. The molecule has 2 aromatic rings. The number of nitrogens with one attached hydrogen (secondary N) is 2. The fourth-order valence-electron chi connectivity index (χ4n) is 3.74. The van der Waals surface area contributed by atoms with Gasteiger partial charge in [-0.2, -0.15) is 0 Å². The highest BCUT2D eigenvalue weighted by Gasteiger charge is 2.41. The van der Waals surface area contributed by atoms with Crippen molar-refractivity contribution in [3.63, 3.8) is 0 Å². The monoisotopic (exact) mass is 557 g/mol. The van der Waals surface area contributed by atoms with E-state index in [2.05, 4.69) is 10.6 Å².